The van der Waals surface area contributed by atoms with Crippen molar-refractivity contribution in [2.75, 3.05) is 6.54 Å². The topological polar surface area (TPSA) is 292 Å². The molecular weight excluding hydrogens is 718 g/mol. The zero-order chi connectivity index (χ0) is 41.4. The maximum atomic E-state index is 12.5. The summed E-state index contributed by atoms with van der Waals surface area (Å²) < 4.78 is 0. The molecule has 0 aliphatic heterocycles. The molecule has 0 saturated carbocycles. The molecule has 0 heterocycles. The van der Waals surface area contributed by atoms with Crippen LogP contribution in [0.1, 0.15) is 148 Å². The van der Waals surface area contributed by atoms with Gasteiger partial charge < -0.3 is 52.2 Å². The molecule has 0 rings (SSSR count). The molecule has 0 radical (unpaired) electrons. The second kappa shape index (κ2) is 31.8. The Kier molecular flexibility index (Phi) is 29.2. The average molecular weight is 784 g/mol. The Morgan fingerprint density at radius 3 is 1.18 bits per heavy atom. The van der Waals surface area contributed by atoms with Gasteiger partial charge >= 0.3 is 17.9 Å². The zero-order valence-electron chi connectivity index (χ0n) is 32.2. The molecule has 314 valence electrons. The number of aliphatic hydroxyl groups is 1. The molecule has 4 amide bonds. The van der Waals surface area contributed by atoms with Gasteiger partial charge in [0.05, 0.1) is 11.8 Å². The monoisotopic (exact) mass is 783 g/mol. The normalized spacial score (nSPS) is 13.0. The summed E-state index contributed by atoms with van der Waals surface area (Å²) in [6, 6.07) is -4.87. The van der Waals surface area contributed by atoms with E-state index in [0.29, 0.717) is 44.9 Å². The van der Waals surface area contributed by atoms with E-state index in [2.05, 4.69) is 27.8 Å². The predicted octanol–water partition coefficient (Wildman–Crippen LogP) is 3.38. The minimum Gasteiger partial charge on any atom is -0.513 e. The number of carbonyl (C=O) groups is 8. The average Bonchev–Trinajstić information content (AvgIpc) is 3.12. The number of allylic oxidation sites excluding steroid dienone is 1. The molecule has 0 fully saturated rings. The summed E-state index contributed by atoms with van der Waals surface area (Å²) in [6.07, 6.45) is 13.6. The van der Waals surface area contributed by atoms with Crippen molar-refractivity contribution >= 4 is 47.8 Å². The van der Waals surface area contributed by atoms with E-state index in [1.807, 2.05) is 0 Å². The number of carbonyl (C=O) groups excluding carboxylic acids is 5. The first-order valence-corrected chi connectivity index (χ1v) is 19.6. The van der Waals surface area contributed by atoms with Gasteiger partial charge in [0.15, 0.2) is 0 Å². The Labute approximate surface area is 324 Å². The number of carboxylic acid groups (broad SMARTS) is 3. The van der Waals surface area contributed by atoms with Gasteiger partial charge in [-0.3, -0.25) is 19.2 Å². The van der Waals surface area contributed by atoms with Gasteiger partial charge in [-0.05, 0) is 51.4 Å². The highest BCUT2D eigenvalue weighted by Gasteiger charge is 2.26. The van der Waals surface area contributed by atoms with E-state index >= 15 is 0 Å². The first-order valence-electron chi connectivity index (χ1n) is 19.6. The number of hydrogen-bond acceptors (Lipinski definition) is 10. The molecule has 17 heteroatoms. The van der Waals surface area contributed by atoms with Gasteiger partial charge in [-0.15, -0.1) is 0 Å². The smallest absolute Gasteiger partial charge is 0.326 e. The zero-order valence-corrected chi connectivity index (χ0v) is 32.2. The van der Waals surface area contributed by atoms with Crippen molar-refractivity contribution in [2.45, 2.75) is 172 Å². The third kappa shape index (κ3) is 29.5. The Balaban J connectivity index is 4.40. The first-order chi connectivity index (χ1) is 26.2. The Bertz CT molecular complexity index is 1210. The van der Waals surface area contributed by atoms with Crippen LogP contribution in [0.5, 0.6) is 0 Å². The van der Waals surface area contributed by atoms with Crippen molar-refractivity contribution < 1.29 is 58.8 Å². The summed E-state index contributed by atoms with van der Waals surface area (Å²) >= 11 is 0. The van der Waals surface area contributed by atoms with E-state index in [4.69, 9.17) is 10.8 Å². The van der Waals surface area contributed by atoms with E-state index in [9.17, 15) is 53.7 Å². The van der Waals surface area contributed by atoms with Gasteiger partial charge in [-0.1, -0.05) is 70.8 Å². The van der Waals surface area contributed by atoms with Gasteiger partial charge in [0.2, 0.25) is 23.6 Å². The largest absolute Gasteiger partial charge is 0.513 e. The molecule has 10 N–H and O–H groups in total. The maximum absolute atomic E-state index is 12.5. The minimum atomic E-state index is -1.53. The van der Waals surface area contributed by atoms with Crippen molar-refractivity contribution in [1.29, 1.82) is 0 Å². The van der Waals surface area contributed by atoms with Crippen molar-refractivity contribution in [3.05, 3.63) is 12.3 Å². The van der Waals surface area contributed by atoms with Crippen LogP contribution in [0, 0.1) is 0 Å². The van der Waals surface area contributed by atoms with Gasteiger partial charge in [0.25, 0.3) is 0 Å². The van der Waals surface area contributed by atoms with Gasteiger partial charge in [0.1, 0.15) is 24.4 Å². The summed E-state index contributed by atoms with van der Waals surface area (Å²) in [7, 11) is 0. The van der Waals surface area contributed by atoms with Crippen LogP contribution in [0.3, 0.4) is 0 Å². The number of nitrogens with two attached hydrogens (primary N) is 1. The predicted molar refractivity (Wildman–Crippen MR) is 204 cm³/mol. The Hall–Kier alpha value is -4.54. The van der Waals surface area contributed by atoms with E-state index in [1.165, 1.54) is 19.3 Å². The Morgan fingerprint density at radius 1 is 0.473 bits per heavy atom. The molecule has 0 aromatic rings. The molecule has 0 aromatic carbocycles. The SMILES string of the molecule is C=C(O)CCCCCCCCCCCCCCC(=O)N[C@@H](CCC(=O)N[C@@H](CCC(=O)N[C@@H](CCC(=O)NCCCC[C@H](N)C=O)C(=O)O)C(=O)O)C(=O)O. The highest BCUT2D eigenvalue weighted by molar-refractivity contribution is 5.87. The van der Waals surface area contributed by atoms with Crippen LogP contribution in [-0.4, -0.2) is 99.0 Å². The summed E-state index contributed by atoms with van der Waals surface area (Å²) in [5.41, 5.74) is 5.50. The van der Waals surface area contributed by atoms with Gasteiger partial charge in [-0.2, -0.15) is 0 Å². The van der Waals surface area contributed by atoms with Crippen LogP contribution in [0.2, 0.25) is 0 Å². The molecule has 0 saturated heterocycles. The van der Waals surface area contributed by atoms with Crippen LogP contribution in [-0.2, 0) is 38.4 Å². The van der Waals surface area contributed by atoms with Crippen molar-refractivity contribution in [1.82, 2.24) is 21.3 Å². The highest BCUT2D eigenvalue weighted by atomic mass is 16.4. The lowest BCUT2D eigenvalue weighted by Crippen LogP contribution is -2.45. The number of unbranched alkanes of at least 4 members (excludes halogenated alkanes) is 12. The molecule has 4 atom stereocenters. The number of aliphatic carboxylic acids is 3. The van der Waals surface area contributed by atoms with Gasteiger partial charge in [0, 0.05) is 38.6 Å². The minimum absolute atomic E-state index is 0.138. The standard InChI is InChI=1S/C38H65N5O12/c1-27(45)16-12-10-8-6-4-2-3-5-7-9-11-13-18-33(47)41-30(37(52)53)20-23-35(49)43-31(38(54)55)21-24-34(48)42-29(36(50)51)19-22-32(46)40-25-15-14-17-28(39)26-44/h26,28-31,45H,1-25,39H2,(H,40,46)(H,41,47)(H,42,48)(H,43,49)(H,50,51)(H,52,53)(H,54,55)/t28-,29-,30-,31-/m0/s1. The van der Waals surface area contributed by atoms with Crippen LogP contribution in [0.15, 0.2) is 12.3 Å². The second-order valence-electron chi connectivity index (χ2n) is 13.9. The summed E-state index contributed by atoms with van der Waals surface area (Å²) in [4.78, 5) is 95.0. The second-order valence-corrected chi connectivity index (χ2v) is 13.9. The molecule has 0 aromatic heterocycles. The number of hydrogen-bond donors (Lipinski definition) is 9. The number of carboxylic acids is 3. The Morgan fingerprint density at radius 2 is 0.818 bits per heavy atom. The van der Waals surface area contributed by atoms with Crippen molar-refractivity contribution in [2.24, 2.45) is 5.73 Å². The van der Waals surface area contributed by atoms with Crippen LogP contribution in [0.4, 0.5) is 0 Å². The van der Waals surface area contributed by atoms with Gasteiger partial charge in [-0.25, -0.2) is 14.4 Å². The molecule has 55 heavy (non-hydrogen) atoms. The number of nitrogens with one attached hydrogen (secondary N) is 4. The molecule has 0 aliphatic carbocycles. The number of aliphatic hydroxyl groups excluding tert-OH is 1. The van der Waals surface area contributed by atoms with E-state index < -0.39 is 85.0 Å². The fraction of sp³-hybridized carbons (Fsp3) is 0.737. The van der Waals surface area contributed by atoms with E-state index in [0.717, 1.165) is 51.4 Å². The molecular formula is C38H65N5O12. The quantitative estimate of drug-likeness (QED) is 0.0251. The number of amides is 4. The number of aldehydes is 1. The lowest BCUT2D eigenvalue weighted by Gasteiger charge is -2.18. The van der Waals surface area contributed by atoms with Crippen LogP contribution in [0.25, 0.3) is 0 Å². The first kappa shape index (κ1) is 50.5. The summed E-state index contributed by atoms with van der Waals surface area (Å²) in [5, 5.41) is 47.1. The van der Waals surface area contributed by atoms with E-state index in [-0.39, 0.29) is 31.4 Å². The van der Waals surface area contributed by atoms with Crippen LogP contribution < -0.4 is 27.0 Å². The van der Waals surface area contributed by atoms with Crippen molar-refractivity contribution in [3.63, 3.8) is 0 Å². The molecule has 17 nitrogen and oxygen atoms in total. The third-order valence-corrected chi connectivity index (χ3v) is 8.96. The third-order valence-electron chi connectivity index (χ3n) is 8.96. The molecule has 0 unspecified atom stereocenters. The number of rotatable bonds is 36. The van der Waals surface area contributed by atoms with Crippen LogP contribution >= 0.6 is 0 Å². The lowest BCUT2D eigenvalue weighted by molar-refractivity contribution is -0.144. The lowest BCUT2D eigenvalue weighted by atomic mass is 10.0. The molecule has 0 aliphatic rings. The van der Waals surface area contributed by atoms with E-state index in [1.54, 1.807) is 0 Å². The maximum Gasteiger partial charge on any atom is 0.326 e. The summed E-state index contributed by atoms with van der Waals surface area (Å²) in [6.45, 7) is 3.79. The summed E-state index contributed by atoms with van der Waals surface area (Å²) in [5.74, 6) is -6.46. The fourth-order valence-electron chi connectivity index (χ4n) is 5.67. The fourth-order valence-corrected chi connectivity index (χ4v) is 5.67. The van der Waals surface area contributed by atoms with Crippen molar-refractivity contribution in [3.8, 4) is 0 Å². The molecule has 0 spiro atoms. The highest BCUT2D eigenvalue weighted by Crippen LogP contribution is 2.14. The molecule has 0 bridgehead atoms.